The van der Waals surface area contributed by atoms with Gasteiger partial charge < -0.3 is 0 Å². The van der Waals surface area contributed by atoms with Crippen LogP contribution in [0, 0.1) is 139 Å². The van der Waals surface area contributed by atoms with Crippen molar-refractivity contribution in [2.75, 3.05) is 0 Å². The number of nitriles is 2. The van der Waals surface area contributed by atoms with Crippen LogP contribution in [-0.4, -0.2) is 6.15 Å². The first kappa shape index (κ1) is 47.2. The Morgan fingerprint density at radius 2 is 0.698 bits per heavy atom. The van der Waals surface area contributed by atoms with Crippen molar-refractivity contribution in [3.63, 3.8) is 0 Å². The Morgan fingerprint density at radius 3 is 0.937 bits per heavy atom. The number of halogens is 20. The minimum Gasteiger partial charge on any atom is -0.207 e. The molecule has 0 fully saturated rings. The summed E-state index contributed by atoms with van der Waals surface area (Å²) in [5.41, 5.74) is -10.5. The van der Waals surface area contributed by atoms with E-state index in [1.165, 1.54) is 0 Å². The van der Waals surface area contributed by atoms with E-state index in [1.807, 2.05) is 64.1 Å². The van der Waals surface area contributed by atoms with Crippen LogP contribution >= 0.6 is 11.3 Å². The van der Waals surface area contributed by atoms with Gasteiger partial charge in [0.25, 0.3) is 0 Å². The molecule has 5 aromatic carbocycles. The van der Waals surface area contributed by atoms with Crippen molar-refractivity contribution in [3.05, 3.63) is 175 Å². The number of benzene rings is 5. The molecule has 3 nitrogen and oxygen atoms in total. The van der Waals surface area contributed by atoms with E-state index >= 15 is 35.1 Å². The summed E-state index contributed by atoms with van der Waals surface area (Å²) in [5.74, 6) is -71.4. The van der Waals surface area contributed by atoms with Gasteiger partial charge in [0.2, 0.25) is 5.51 Å². The molecule has 0 N–H and O–H groups in total. The van der Waals surface area contributed by atoms with Gasteiger partial charge in [0, 0.05) is 0 Å². The van der Waals surface area contributed by atoms with Gasteiger partial charge in [-0.2, -0.15) is 15.1 Å². The fraction of sp³-hybridized carbons (Fsp3) is 0.0263. The number of hydrogen-bond donors (Lipinski definition) is 0. The molecule has 0 atom stereocenters. The minimum absolute atomic E-state index is 0.167. The van der Waals surface area contributed by atoms with Crippen molar-refractivity contribution in [1.82, 2.24) is 0 Å². The van der Waals surface area contributed by atoms with Crippen LogP contribution in [0.3, 0.4) is 0 Å². The molecule has 63 heavy (non-hydrogen) atoms. The van der Waals surface area contributed by atoms with E-state index in [9.17, 15) is 52.7 Å². The standard InChI is InChI=1S/C24BF20.C14H10N3S/c26-5-1(6(27)14(35)21(42)13(5)34)25(2-7(28)15(36)22(43)16(37)8(2)29,3-9(30)17(38)23(44)18(39)10(3)31)4-11(32)19(40)24(45)20(41)12(4)33;15-8-13(9-16)14(10-17-6-7-18-11-17)12-4-2-1-3-5-12/h;1-7,11H,10H2/q-1;+1. The van der Waals surface area contributed by atoms with Crippen molar-refractivity contribution in [3.8, 4) is 12.1 Å². The number of aromatic nitrogens is 1. The zero-order chi connectivity index (χ0) is 47.2. The van der Waals surface area contributed by atoms with Crippen LogP contribution < -0.4 is 26.4 Å². The van der Waals surface area contributed by atoms with Gasteiger partial charge in [0.1, 0.15) is 70.4 Å². The van der Waals surface area contributed by atoms with E-state index < -0.39 is 144 Å². The average Bonchev–Trinajstić information content (AvgIpc) is 3.80. The summed E-state index contributed by atoms with van der Waals surface area (Å²) in [4.78, 5) is 0. The molecule has 25 heteroatoms. The maximum atomic E-state index is 15.4. The quantitative estimate of drug-likeness (QED) is 0.0404. The van der Waals surface area contributed by atoms with Crippen LogP contribution in [0.4, 0.5) is 87.8 Å². The Kier molecular flexibility index (Phi) is 13.4. The molecule has 0 unspecified atom stereocenters. The number of hydrogen-bond acceptors (Lipinski definition) is 3. The molecule has 0 radical (unpaired) electrons. The Labute approximate surface area is 341 Å². The zero-order valence-corrected chi connectivity index (χ0v) is 30.5. The van der Waals surface area contributed by atoms with E-state index in [4.69, 9.17) is 10.5 Å². The molecule has 0 aliphatic carbocycles. The molecule has 0 aliphatic heterocycles. The molecular weight excluding hydrogens is 921 g/mol. The SMILES string of the molecule is Fc1c(F)c(F)c([B-](c2c(F)c(F)c(F)c(F)c2F)(c2c(F)c(F)c(F)c(F)c2F)c2c(F)c(F)c(F)c(F)c2F)c(F)c1F.N#CC(C#N)=C(C[n+]1ccsc1)c1ccccc1. The topological polar surface area (TPSA) is 51.5 Å². The number of rotatable bonds is 7. The van der Waals surface area contributed by atoms with Gasteiger partial charge in [-0.15, -0.1) is 21.9 Å². The number of nitrogens with zero attached hydrogens (tertiary/aromatic N) is 3. The second-order valence-corrected chi connectivity index (χ2v) is 13.2. The summed E-state index contributed by atoms with van der Waals surface area (Å²) in [5, 5.41) is 20.1. The molecular formula is C38H10BF20N3S. The van der Waals surface area contributed by atoms with E-state index in [0.29, 0.717) is 6.54 Å². The third-order valence-corrected chi connectivity index (χ3v) is 9.89. The third kappa shape index (κ3) is 7.49. The highest BCUT2D eigenvalue weighted by Crippen LogP contribution is 2.31. The summed E-state index contributed by atoms with van der Waals surface area (Å²) in [6.07, 6.45) is -5.29. The highest BCUT2D eigenvalue weighted by atomic mass is 32.1. The lowest BCUT2D eigenvalue weighted by atomic mass is 9.12. The van der Waals surface area contributed by atoms with Gasteiger partial charge >= 0.3 is 0 Å². The van der Waals surface area contributed by atoms with Gasteiger partial charge in [-0.25, -0.2) is 87.8 Å². The predicted molar refractivity (Wildman–Crippen MR) is 178 cm³/mol. The van der Waals surface area contributed by atoms with E-state index in [-0.39, 0.29) is 5.57 Å². The van der Waals surface area contributed by atoms with Crippen molar-refractivity contribution >= 4 is 44.9 Å². The van der Waals surface area contributed by atoms with Crippen LogP contribution in [0.15, 0.2) is 53.0 Å². The highest BCUT2D eigenvalue weighted by Gasteiger charge is 2.52. The van der Waals surface area contributed by atoms with Crippen molar-refractivity contribution in [2.24, 2.45) is 0 Å². The largest absolute Gasteiger partial charge is 0.224 e. The molecule has 0 amide bonds. The van der Waals surface area contributed by atoms with Gasteiger partial charge in [0.05, 0.1) is 11.0 Å². The Morgan fingerprint density at radius 1 is 0.429 bits per heavy atom. The smallest absolute Gasteiger partial charge is 0.207 e. The first-order valence-electron chi connectivity index (χ1n) is 16.3. The monoisotopic (exact) mass is 931 g/mol. The van der Waals surface area contributed by atoms with Gasteiger partial charge in [-0.3, -0.25) is 0 Å². The van der Waals surface area contributed by atoms with Gasteiger partial charge in [0.15, 0.2) is 82.5 Å². The summed E-state index contributed by atoms with van der Waals surface area (Å²) in [6, 6.07) is 13.5. The van der Waals surface area contributed by atoms with Crippen molar-refractivity contribution in [1.29, 1.82) is 10.5 Å². The normalized spacial score (nSPS) is 11.2. The molecule has 1 heterocycles. The second kappa shape index (κ2) is 17.8. The van der Waals surface area contributed by atoms with E-state index in [1.54, 1.807) is 11.3 Å². The summed E-state index contributed by atoms with van der Waals surface area (Å²) < 4.78 is 296. The molecule has 0 aliphatic rings. The van der Waals surface area contributed by atoms with Crippen LogP contribution in [-0.2, 0) is 6.54 Å². The second-order valence-electron chi connectivity index (χ2n) is 12.4. The number of allylic oxidation sites excluding steroid dienone is 2. The fourth-order valence-corrected chi connectivity index (χ4v) is 7.12. The third-order valence-electron chi connectivity index (χ3n) is 9.22. The van der Waals surface area contributed by atoms with Crippen LogP contribution in [0.2, 0.25) is 0 Å². The Bertz CT molecular complexity index is 2550. The van der Waals surface area contributed by atoms with Crippen molar-refractivity contribution < 1.29 is 92.4 Å². The zero-order valence-electron chi connectivity index (χ0n) is 29.7. The molecule has 0 spiro atoms. The lowest BCUT2D eigenvalue weighted by molar-refractivity contribution is -0.679. The Balaban J connectivity index is 0.000000345. The molecule has 6 rings (SSSR count). The average molecular weight is 931 g/mol. The van der Waals surface area contributed by atoms with Crippen molar-refractivity contribution in [2.45, 2.75) is 6.54 Å². The molecule has 6 aromatic rings. The lowest BCUT2D eigenvalue weighted by Gasteiger charge is -2.44. The first-order valence-corrected chi connectivity index (χ1v) is 17.2. The maximum Gasteiger partial charge on any atom is 0.224 e. The first-order chi connectivity index (χ1) is 29.5. The summed E-state index contributed by atoms with van der Waals surface area (Å²) in [6.45, 7) is 0.532. The summed E-state index contributed by atoms with van der Waals surface area (Å²) in [7, 11) is 0. The molecule has 0 saturated heterocycles. The Hall–Kier alpha value is -6.89. The highest BCUT2D eigenvalue weighted by molar-refractivity contribution is 7.20. The van der Waals surface area contributed by atoms with Gasteiger partial charge in [-0.05, 0) is 5.56 Å². The molecule has 0 bridgehead atoms. The molecule has 1 aromatic heterocycles. The number of thiazole rings is 1. The van der Waals surface area contributed by atoms with Gasteiger partial charge in [-0.1, -0.05) is 41.7 Å². The maximum absolute atomic E-state index is 15.4. The fourth-order valence-electron chi connectivity index (χ4n) is 6.52. The van der Waals surface area contributed by atoms with E-state index in [0.717, 1.165) is 11.1 Å². The summed E-state index contributed by atoms with van der Waals surface area (Å²) >= 11 is 1.58. The van der Waals surface area contributed by atoms with Crippen LogP contribution in [0.5, 0.6) is 0 Å². The molecule has 326 valence electrons. The van der Waals surface area contributed by atoms with Crippen LogP contribution in [0.25, 0.3) is 5.57 Å². The van der Waals surface area contributed by atoms with Crippen LogP contribution in [0.1, 0.15) is 5.56 Å². The lowest BCUT2D eigenvalue weighted by Crippen LogP contribution is -2.81. The molecule has 0 saturated carbocycles. The predicted octanol–water partition coefficient (Wildman–Crippen LogP) is 8.38. The van der Waals surface area contributed by atoms with E-state index in [2.05, 4.69) is 0 Å². The minimum atomic E-state index is -7.22.